The zero-order chi connectivity index (χ0) is 50.8. The van der Waals surface area contributed by atoms with Crippen molar-refractivity contribution in [1.82, 2.24) is 0 Å². The van der Waals surface area contributed by atoms with Crippen LogP contribution in [-0.4, -0.2) is 0 Å². The van der Waals surface area contributed by atoms with Gasteiger partial charge in [-0.15, -0.1) is 0 Å². The maximum absolute atomic E-state index is 2.29. The number of benzene rings is 8. The van der Waals surface area contributed by atoms with Gasteiger partial charge in [-0.2, -0.15) is 0 Å². The monoisotopic (exact) mass is 885 g/mol. The van der Waals surface area contributed by atoms with Crippen molar-refractivity contribution in [2.45, 2.75) is 152 Å². The second-order valence-corrected chi connectivity index (χ2v) is 13.9. The summed E-state index contributed by atoms with van der Waals surface area (Å²) in [6.07, 6.45) is 0. The van der Waals surface area contributed by atoms with Gasteiger partial charge in [0.15, 0.2) is 0 Å². The van der Waals surface area contributed by atoms with Crippen LogP contribution in [-0.2, 0) is 0 Å². The van der Waals surface area contributed by atoms with Crippen molar-refractivity contribution in [3.8, 4) is 44.5 Å². The molecule has 8 aromatic carbocycles. The third kappa shape index (κ3) is 19.0. The zero-order valence-corrected chi connectivity index (χ0v) is 46.0. The third-order valence-electron chi connectivity index (χ3n) is 10.1. The molecular formula is C66H92. The lowest BCUT2D eigenvalue weighted by atomic mass is 9.96. The molecule has 0 nitrogen and oxygen atoms in total. The standard InChI is InChI=1S/2C25H22.8C2H6/c2*1-17-4-7-20(8-5-17)22-10-11-25-16-23(12-13-24(25)15-22)21-9-6-18(2)19(3)14-21;8*1-2/h2*4-16H,1-3H3;8*1-2H3. The van der Waals surface area contributed by atoms with Crippen LogP contribution < -0.4 is 0 Å². The summed E-state index contributed by atoms with van der Waals surface area (Å²) in [6.45, 7) is 44.9. The maximum Gasteiger partial charge on any atom is -0.0177 e. The van der Waals surface area contributed by atoms with Crippen LogP contribution in [0, 0.1) is 41.5 Å². The summed E-state index contributed by atoms with van der Waals surface area (Å²) in [4.78, 5) is 0. The molecule has 0 amide bonds. The van der Waals surface area contributed by atoms with E-state index in [9.17, 15) is 0 Å². The molecule has 8 aromatic rings. The SMILES string of the molecule is CC.CC.CC.CC.CC.CC.CC.CC.Cc1ccc(-c2ccc3cc(-c4ccc(C)c(C)c4)ccc3c2)cc1.Cc1ccc(-c2ccc3cc(-c4ccc(C)c(C)c4)ccc3c2)cc1. The number of hydrogen-bond donors (Lipinski definition) is 0. The van der Waals surface area contributed by atoms with E-state index in [0.717, 1.165) is 0 Å². The minimum absolute atomic E-state index is 1.27. The minimum atomic E-state index is 1.27. The molecule has 0 atom stereocenters. The van der Waals surface area contributed by atoms with E-state index in [4.69, 9.17) is 0 Å². The Morgan fingerprint density at radius 1 is 0.167 bits per heavy atom. The fourth-order valence-corrected chi connectivity index (χ4v) is 6.54. The highest BCUT2D eigenvalue weighted by atomic mass is 14.1. The average molecular weight is 885 g/mol. The number of rotatable bonds is 4. The van der Waals surface area contributed by atoms with Gasteiger partial charge in [-0.3, -0.25) is 0 Å². The van der Waals surface area contributed by atoms with Crippen molar-refractivity contribution >= 4 is 21.5 Å². The van der Waals surface area contributed by atoms with E-state index in [1.807, 2.05) is 111 Å². The molecule has 0 aliphatic heterocycles. The molecule has 0 radical (unpaired) electrons. The van der Waals surface area contributed by atoms with Gasteiger partial charge in [0.2, 0.25) is 0 Å². The highest BCUT2D eigenvalue weighted by Crippen LogP contribution is 2.31. The van der Waals surface area contributed by atoms with Crippen LogP contribution in [0.4, 0.5) is 0 Å². The van der Waals surface area contributed by atoms with Gasteiger partial charge >= 0.3 is 0 Å². The topological polar surface area (TPSA) is 0 Å². The Balaban J connectivity index is 0. The van der Waals surface area contributed by atoms with E-state index >= 15 is 0 Å². The Morgan fingerprint density at radius 2 is 0.348 bits per heavy atom. The highest BCUT2D eigenvalue weighted by molar-refractivity contribution is 5.92. The summed E-state index contributed by atoms with van der Waals surface area (Å²) >= 11 is 0. The lowest BCUT2D eigenvalue weighted by molar-refractivity contribution is 1.34. The van der Waals surface area contributed by atoms with Crippen molar-refractivity contribution in [2.75, 3.05) is 0 Å². The van der Waals surface area contributed by atoms with Crippen LogP contribution in [0.1, 0.15) is 144 Å². The molecule has 0 spiro atoms. The number of aryl methyl sites for hydroxylation is 6. The van der Waals surface area contributed by atoms with Crippen molar-refractivity contribution in [3.63, 3.8) is 0 Å². The molecule has 0 heterocycles. The largest absolute Gasteiger partial charge is 0.0683 e. The van der Waals surface area contributed by atoms with Crippen LogP contribution in [0.25, 0.3) is 66.1 Å². The van der Waals surface area contributed by atoms with Gasteiger partial charge in [0, 0.05) is 0 Å². The van der Waals surface area contributed by atoms with Crippen LogP contribution in [0.2, 0.25) is 0 Å². The molecule has 0 unspecified atom stereocenters. The zero-order valence-electron chi connectivity index (χ0n) is 46.0. The van der Waals surface area contributed by atoms with Crippen LogP contribution in [0.15, 0.2) is 158 Å². The second kappa shape index (κ2) is 36.5. The number of hydrogen-bond acceptors (Lipinski definition) is 0. The van der Waals surface area contributed by atoms with Gasteiger partial charge < -0.3 is 0 Å². The molecule has 0 saturated carbocycles. The summed E-state index contributed by atoms with van der Waals surface area (Å²) < 4.78 is 0. The first kappa shape index (κ1) is 62.4. The molecule has 8 rings (SSSR count). The third-order valence-corrected chi connectivity index (χ3v) is 10.1. The van der Waals surface area contributed by atoms with E-state index in [-0.39, 0.29) is 0 Å². The quantitative estimate of drug-likeness (QED) is 0.165. The lowest BCUT2D eigenvalue weighted by Crippen LogP contribution is -1.85. The summed E-state index contributed by atoms with van der Waals surface area (Å²) in [5, 5.41) is 5.13. The summed E-state index contributed by atoms with van der Waals surface area (Å²) in [5.41, 5.74) is 18.1. The smallest absolute Gasteiger partial charge is 0.0177 e. The van der Waals surface area contributed by atoms with Gasteiger partial charge in [-0.1, -0.05) is 255 Å². The molecular weight excluding hydrogens is 793 g/mol. The Kier molecular flexibility index (Phi) is 34.5. The second-order valence-electron chi connectivity index (χ2n) is 13.9. The first-order chi connectivity index (χ1) is 32.2. The molecule has 0 bridgehead atoms. The predicted molar refractivity (Wildman–Crippen MR) is 309 cm³/mol. The minimum Gasteiger partial charge on any atom is -0.0683 e. The fourth-order valence-electron chi connectivity index (χ4n) is 6.54. The van der Waals surface area contributed by atoms with Gasteiger partial charge in [0.25, 0.3) is 0 Å². The summed E-state index contributed by atoms with van der Waals surface area (Å²) in [7, 11) is 0. The molecule has 0 fully saturated rings. The summed E-state index contributed by atoms with van der Waals surface area (Å²) in [6, 6.07) is 57.8. The molecule has 0 saturated heterocycles. The maximum atomic E-state index is 2.29. The fraction of sp³-hybridized carbons (Fsp3) is 0.333. The average Bonchev–Trinajstić information content (AvgIpc) is 3.40. The highest BCUT2D eigenvalue weighted by Gasteiger charge is 2.06. The first-order valence-corrected chi connectivity index (χ1v) is 25.6. The van der Waals surface area contributed by atoms with Gasteiger partial charge in [-0.05, 0) is 154 Å². The van der Waals surface area contributed by atoms with E-state index in [2.05, 4.69) is 199 Å². The van der Waals surface area contributed by atoms with Crippen molar-refractivity contribution in [1.29, 1.82) is 0 Å². The summed E-state index contributed by atoms with van der Waals surface area (Å²) in [5.74, 6) is 0. The number of fused-ring (bicyclic) bond motifs is 2. The molecule has 0 heteroatoms. The lowest BCUT2D eigenvalue weighted by Gasteiger charge is -2.09. The van der Waals surface area contributed by atoms with Gasteiger partial charge in [-0.25, -0.2) is 0 Å². The molecule has 66 heavy (non-hydrogen) atoms. The van der Waals surface area contributed by atoms with E-state index < -0.39 is 0 Å². The van der Waals surface area contributed by atoms with Crippen molar-refractivity contribution < 1.29 is 0 Å². The normalized spacial score (nSPS) is 9.06. The Morgan fingerprint density at radius 3 is 0.576 bits per heavy atom. The van der Waals surface area contributed by atoms with E-state index in [1.165, 1.54) is 99.4 Å². The van der Waals surface area contributed by atoms with Crippen LogP contribution in [0.3, 0.4) is 0 Å². The Hall–Kier alpha value is -5.72. The van der Waals surface area contributed by atoms with E-state index in [0.29, 0.717) is 0 Å². The van der Waals surface area contributed by atoms with Crippen LogP contribution >= 0.6 is 0 Å². The van der Waals surface area contributed by atoms with Gasteiger partial charge in [0.05, 0.1) is 0 Å². The molecule has 0 aliphatic rings. The molecule has 356 valence electrons. The molecule has 0 aliphatic carbocycles. The van der Waals surface area contributed by atoms with Crippen LogP contribution in [0.5, 0.6) is 0 Å². The van der Waals surface area contributed by atoms with Crippen molar-refractivity contribution in [3.05, 3.63) is 191 Å². The van der Waals surface area contributed by atoms with Crippen molar-refractivity contribution in [2.24, 2.45) is 0 Å². The Labute approximate surface area is 407 Å². The molecule has 0 N–H and O–H groups in total. The predicted octanol–water partition coefficient (Wildman–Crippen LogP) is 22.4. The van der Waals surface area contributed by atoms with E-state index in [1.54, 1.807) is 0 Å². The molecule has 0 aromatic heterocycles. The first-order valence-electron chi connectivity index (χ1n) is 25.6. The Bertz CT molecular complexity index is 2280. The van der Waals surface area contributed by atoms with Gasteiger partial charge in [0.1, 0.15) is 0 Å².